The lowest BCUT2D eigenvalue weighted by Crippen LogP contribution is -2.62. The molecule has 112 valence electrons. The zero-order valence-corrected chi connectivity index (χ0v) is 12.6. The number of amides is 2. The molecule has 2 heterocycles. The first-order chi connectivity index (χ1) is 9.89. The van der Waals surface area contributed by atoms with Gasteiger partial charge in [-0.05, 0) is 18.2 Å². The quantitative estimate of drug-likeness (QED) is 0.771. The highest BCUT2D eigenvalue weighted by Crippen LogP contribution is 2.28. The van der Waals surface area contributed by atoms with Gasteiger partial charge in [-0.3, -0.25) is 14.5 Å². The van der Waals surface area contributed by atoms with E-state index in [2.05, 4.69) is 0 Å². The van der Waals surface area contributed by atoms with Gasteiger partial charge in [0.2, 0.25) is 21.8 Å². The van der Waals surface area contributed by atoms with E-state index < -0.39 is 10.0 Å². The Hall–Kier alpha value is -1.44. The molecule has 2 amide bonds. The largest absolute Gasteiger partial charge is 0.277 e. The van der Waals surface area contributed by atoms with Gasteiger partial charge in [0.25, 0.3) is 0 Å². The van der Waals surface area contributed by atoms with Crippen molar-refractivity contribution >= 4 is 33.4 Å². The number of likely N-dealkylation sites (tertiary alicyclic amines) is 1. The van der Waals surface area contributed by atoms with Gasteiger partial charge in [0, 0.05) is 31.0 Å². The number of halogens is 1. The minimum Gasteiger partial charge on any atom is -0.277 e. The normalized spacial score (nSPS) is 20.9. The van der Waals surface area contributed by atoms with Crippen molar-refractivity contribution in [2.75, 3.05) is 13.1 Å². The molecule has 0 aliphatic carbocycles. The van der Waals surface area contributed by atoms with Crippen molar-refractivity contribution in [3.8, 4) is 0 Å². The van der Waals surface area contributed by atoms with Crippen LogP contribution in [0.1, 0.15) is 12.8 Å². The van der Waals surface area contributed by atoms with Gasteiger partial charge in [-0.15, -0.1) is 0 Å². The Morgan fingerprint density at radius 1 is 1.10 bits per heavy atom. The van der Waals surface area contributed by atoms with E-state index in [1.807, 2.05) is 0 Å². The van der Waals surface area contributed by atoms with Crippen LogP contribution >= 0.6 is 11.6 Å². The summed E-state index contributed by atoms with van der Waals surface area (Å²) in [6.07, 6.45) is 0.437. The molecule has 1 aromatic carbocycles. The van der Waals surface area contributed by atoms with E-state index in [1.54, 1.807) is 12.1 Å². The number of nitrogens with zero attached hydrogens (tertiary/aromatic N) is 2. The Morgan fingerprint density at radius 3 is 2.29 bits per heavy atom. The van der Waals surface area contributed by atoms with Crippen molar-refractivity contribution in [1.82, 2.24) is 9.21 Å². The predicted molar refractivity (Wildman–Crippen MR) is 75.1 cm³/mol. The molecule has 0 N–H and O–H groups in total. The Balaban J connectivity index is 1.74. The fourth-order valence-electron chi connectivity index (χ4n) is 2.55. The Kier molecular flexibility index (Phi) is 3.51. The smallest absolute Gasteiger partial charge is 0.243 e. The van der Waals surface area contributed by atoms with Crippen LogP contribution in [0.4, 0.5) is 0 Å². The van der Waals surface area contributed by atoms with Gasteiger partial charge in [-0.25, -0.2) is 8.42 Å². The first kappa shape index (κ1) is 14.5. The van der Waals surface area contributed by atoms with Crippen LogP contribution in [0.25, 0.3) is 0 Å². The molecule has 0 radical (unpaired) electrons. The van der Waals surface area contributed by atoms with Crippen LogP contribution in [0.3, 0.4) is 0 Å². The molecule has 2 aliphatic heterocycles. The van der Waals surface area contributed by atoms with Crippen molar-refractivity contribution in [2.24, 2.45) is 0 Å². The van der Waals surface area contributed by atoms with Crippen molar-refractivity contribution in [3.63, 3.8) is 0 Å². The van der Waals surface area contributed by atoms with E-state index in [4.69, 9.17) is 11.6 Å². The van der Waals surface area contributed by atoms with Gasteiger partial charge in [0.1, 0.15) is 0 Å². The number of imide groups is 1. The number of carbonyl (C=O) groups excluding carboxylic acids is 2. The number of benzene rings is 1. The highest BCUT2D eigenvalue weighted by molar-refractivity contribution is 7.89. The summed E-state index contributed by atoms with van der Waals surface area (Å²) < 4.78 is 26.0. The van der Waals surface area contributed by atoms with Crippen molar-refractivity contribution < 1.29 is 18.0 Å². The van der Waals surface area contributed by atoms with E-state index in [9.17, 15) is 18.0 Å². The Morgan fingerprint density at radius 2 is 1.71 bits per heavy atom. The Labute approximate surface area is 127 Å². The third-order valence-corrected chi connectivity index (χ3v) is 5.78. The van der Waals surface area contributed by atoms with Crippen molar-refractivity contribution in [2.45, 2.75) is 23.8 Å². The van der Waals surface area contributed by atoms with Gasteiger partial charge in [-0.2, -0.15) is 4.31 Å². The average Bonchev–Trinajstić information content (AvgIpc) is 2.69. The molecule has 6 nitrogen and oxygen atoms in total. The summed E-state index contributed by atoms with van der Waals surface area (Å²) in [5, 5.41) is 0.345. The van der Waals surface area contributed by atoms with Crippen LogP contribution in [0.2, 0.25) is 5.02 Å². The summed E-state index contributed by atoms with van der Waals surface area (Å²) in [6, 6.07) is 5.68. The summed E-state index contributed by atoms with van der Waals surface area (Å²) in [6.45, 7) is 0.290. The maximum Gasteiger partial charge on any atom is 0.243 e. The molecule has 1 aromatic rings. The maximum absolute atomic E-state index is 12.4. The van der Waals surface area contributed by atoms with Gasteiger partial charge in [0.15, 0.2) is 0 Å². The summed E-state index contributed by atoms with van der Waals surface area (Å²) in [5.41, 5.74) is 0. The molecular weight excluding hydrogens is 316 g/mol. The number of carbonyl (C=O) groups is 2. The highest BCUT2D eigenvalue weighted by Gasteiger charge is 2.45. The van der Waals surface area contributed by atoms with Crippen LogP contribution < -0.4 is 0 Å². The predicted octanol–water partition coefficient (Wildman–Crippen LogP) is 0.862. The monoisotopic (exact) mass is 328 g/mol. The zero-order valence-electron chi connectivity index (χ0n) is 11.0. The Bertz CT molecular complexity index is 697. The molecular formula is C13H13ClN2O4S. The van der Waals surface area contributed by atoms with Crippen LogP contribution in [0.5, 0.6) is 0 Å². The second-order valence-corrected chi connectivity index (χ2v) is 7.47. The molecule has 8 heteroatoms. The minimum absolute atomic E-state index is 0.118. The van der Waals surface area contributed by atoms with Gasteiger partial charge >= 0.3 is 0 Å². The SMILES string of the molecule is O=C1CCC(=O)N1C1CN(S(=O)(=O)c2cccc(Cl)c2)C1. The molecule has 0 bridgehead atoms. The summed E-state index contributed by atoms with van der Waals surface area (Å²) in [5.74, 6) is -0.436. The molecule has 21 heavy (non-hydrogen) atoms. The summed E-state index contributed by atoms with van der Waals surface area (Å²) in [7, 11) is -3.62. The van der Waals surface area contributed by atoms with E-state index in [-0.39, 0.29) is 48.7 Å². The second kappa shape index (κ2) is 5.08. The molecule has 0 atom stereocenters. The van der Waals surface area contributed by atoms with Crippen molar-refractivity contribution in [3.05, 3.63) is 29.3 Å². The molecule has 0 saturated carbocycles. The van der Waals surface area contributed by atoms with Crippen molar-refractivity contribution in [1.29, 1.82) is 0 Å². The van der Waals surface area contributed by atoms with Crippen LogP contribution in [0, 0.1) is 0 Å². The summed E-state index contributed by atoms with van der Waals surface area (Å²) in [4.78, 5) is 24.5. The van der Waals surface area contributed by atoms with Gasteiger partial charge < -0.3 is 0 Å². The number of hydrogen-bond donors (Lipinski definition) is 0. The van der Waals surface area contributed by atoms with E-state index >= 15 is 0 Å². The second-order valence-electron chi connectivity index (χ2n) is 5.09. The average molecular weight is 329 g/mol. The maximum atomic E-state index is 12.4. The molecule has 2 aliphatic rings. The number of sulfonamides is 1. The lowest BCUT2D eigenvalue weighted by molar-refractivity contribution is -0.143. The van der Waals surface area contributed by atoms with Gasteiger partial charge in [0.05, 0.1) is 10.9 Å². The highest BCUT2D eigenvalue weighted by atomic mass is 35.5. The molecule has 3 rings (SSSR count). The van der Waals surface area contributed by atoms with E-state index in [0.29, 0.717) is 5.02 Å². The van der Waals surface area contributed by atoms with Crippen LogP contribution in [-0.2, 0) is 19.6 Å². The molecule has 0 aromatic heterocycles. The standard InChI is InChI=1S/C13H13ClN2O4S/c14-9-2-1-3-11(6-9)21(19,20)15-7-10(8-15)16-12(17)4-5-13(16)18/h1-3,6,10H,4-5,7-8H2. The minimum atomic E-state index is -3.62. The fourth-order valence-corrected chi connectivity index (χ4v) is 4.37. The first-order valence-electron chi connectivity index (χ1n) is 6.50. The first-order valence-corrected chi connectivity index (χ1v) is 8.32. The topological polar surface area (TPSA) is 74.8 Å². The van der Waals surface area contributed by atoms with E-state index in [0.717, 1.165) is 0 Å². The van der Waals surface area contributed by atoms with Crippen LogP contribution in [0.15, 0.2) is 29.2 Å². The van der Waals surface area contributed by atoms with E-state index in [1.165, 1.54) is 21.3 Å². The third kappa shape index (κ3) is 2.45. The third-order valence-electron chi connectivity index (χ3n) is 3.72. The number of rotatable bonds is 3. The van der Waals surface area contributed by atoms with Gasteiger partial charge in [-0.1, -0.05) is 17.7 Å². The summed E-state index contributed by atoms with van der Waals surface area (Å²) >= 11 is 5.81. The van der Waals surface area contributed by atoms with Crippen LogP contribution in [-0.4, -0.2) is 48.6 Å². The number of hydrogen-bond acceptors (Lipinski definition) is 4. The molecule has 0 spiro atoms. The fraction of sp³-hybridized carbons (Fsp3) is 0.385. The lowest BCUT2D eigenvalue weighted by Gasteiger charge is -2.41. The molecule has 2 saturated heterocycles. The molecule has 2 fully saturated rings. The molecule has 0 unspecified atom stereocenters. The zero-order chi connectivity index (χ0) is 15.2. The lowest BCUT2D eigenvalue weighted by atomic mass is 10.1.